The van der Waals surface area contributed by atoms with Crippen molar-refractivity contribution in [3.05, 3.63) is 38.3 Å². The van der Waals surface area contributed by atoms with E-state index in [1.807, 2.05) is 6.07 Å². The van der Waals surface area contributed by atoms with Crippen molar-refractivity contribution in [3.8, 4) is 0 Å². The van der Waals surface area contributed by atoms with Crippen LogP contribution in [0.15, 0.2) is 22.7 Å². The van der Waals surface area contributed by atoms with Crippen molar-refractivity contribution in [2.45, 2.75) is 25.5 Å². The summed E-state index contributed by atoms with van der Waals surface area (Å²) in [5, 5.41) is 14.1. The Labute approximate surface area is 114 Å². The second-order valence-corrected chi connectivity index (χ2v) is 5.16. The largest absolute Gasteiger partial charge is 0.377 e. The second-order valence-electron chi connectivity index (χ2n) is 4.31. The van der Waals surface area contributed by atoms with Crippen LogP contribution in [-0.4, -0.2) is 24.2 Å². The summed E-state index contributed by atoms with van der Waals surface area (Å²) in [6.07, 6.45) is 2.50. The van der Waals surface area contributed by atoms with E-state index in [9.17, 15) is 10.1 Å². The van der Waals surface area contributed by atoms with Gasteiger partial charge in [0.25, 0.3) is 5.69 Å². The average molecular weight is 315 g/mol. The molecule has 0 amide bonds. The summed E-state index contributed by atoms with van der Waals surface area (Å²) >= 11 is 3.17. The van der Waals surface area contributed by atoms with E-state index in [2.05, 4.69) is 21.2 Å². The van der Waals surface area contributed by atoms with Gasteiger partial charge in [-0.2, -0.15) is 0 Å². The molecule has 1 atom stereocenters. The van der Waals surface area contributed by atoms with Gasteiger partial charge in [-0.15, -0.1) is 0 Å². The third kappa shape index (κ3) is 3.51. The Bertz CT molecular complexity index is 433. The maximum atomic E-state index is 10.8. The number of ether oxygens (including phenoxy) is 1. The summed E-state index contributed by atoms with van der Waals surface area (Å²) in [5.74, 6) is 0. The number of nitro groups is 1. The van der Waals surface area contributed by atoms with Gasteiger partial charge in [-0.05, 0) is 40.4 Å². The number of rotatable bonds is 5. The van der Waals surface area contributed by atoms with Crippen molar-refractivity contribution < 1.29 is 9.66 Å². The number of benzene rings is 1. The molecule has 98 valence electrons. The molecule has 0 aromatic heterocycles. The summed E-state index contributed by atoms with van der Waals surface area (Å²) in [5.41, 5.74) is 1.01. The van der Waals surface area contributed by atoms with Gasteiger partial charge in [-0.25, -0.2) is 0 Å². The molecule has 0 spiro atoms. The fraction of sp³-hybridized carbons (Fsp3) is 0.500. The van der Waals surface area contributed by atoms with Crippen molar-refractivity contribution in [2.75, 3.05) is 13.2 Å². The summed E-state index contributed by atoms with van der Waals surface area (Å²) in [6, 6.07) is 5.17. The average Bonchev–Trinajstić information content (AvgIpc) is 2.84. The Morgan fingerprint density at radius 2 is 2.39 bits per heavy atom. The summed E-state index contributed by atoms with van der Waals surface area (Å²) in [4.78, 5) is 10.4. The minimum atomic E-state index is -0.381. The summed E-state index contributed by atoms with van der Waals surface area (Å²) in [7, 11) is 0. The van der Waals surface area contributed by atoms with Gasteiger partial charge < -0.3 is 10.1 Å². The third-order valence-electron chi connectivity index (χ3n) is 2.93. The molecule has 1 unspecified atom stereocenters. The molecule has 1 aliphatic heterocycles. The van der Waals surface area contributed by atoms with Gasteiger partial charge in [0.2, 0.25) is 0 Å². The van der Waals surface area contributed by atoms with Gasteiger partial charge in [0, 0.05) is 25.8 Å². The summed E-state index contributed by atoms with van der Waals surface area (Å²) < 4.78 is 6.00. The number of nitro benzene ring substituents is 1. The highest BCUT2D eigenvalue weighted by Gasteiger charge is 2.15. The first kappa shape index (κ1) is 13.5. The smallest absolute Gasteiger partial charge is 0.283 e. The van der Waals surface area contributed by atoms with Crippen molar-refractivity contribution in [1.82, 2.24) is 5.32 Å². The zero-order valence-corrected chi connectivity index (χ0v) is 11.5. The number of halogens is 1. The second kappa shape index (κ2) is 6.26. The Morgan fingerprint density at radius 1 is 1.56 bits per heavy atom. The molecule has 18 heavy (non-hydrogen) atoms. The zero-order chi connectivity index (χ0) is 13.0. The van der Waals surface area contributed by atoms with E-state index in [0.29, 0.717) is 11.0 Å². The fourth-order valence-corrected chi connectivity index (χ4v) is 2.38. The molecule has 1 saturated heterocycles. The van der Waals surface area contributed by atoms with Crippen LogP contribution >= 0.6 is 15.9 Å². The Hall–Kier alpha value is -0.980. The molecule has 0 bridgehead atoms. The number of hydrogen-bond acceptors (Lipinski definition) is 4. The van der Waals surface area contributed by atoms with Crippen LogP contribution in [0.3, 0.4) is 0 Å². The molecule has 2 rings (SSSR count). The first-order valence-electron chi connectivity index (χ1n) is 5.92. The van der Waals surface area contributed by atoms with Crippen LogP contribution in [-0.2, 0) is 11.3 Å². The molecular weight excluding hydrogens is 300 g/mol. The fourth-order valence-electron chi connectivity index (χ4n) is 1.99. The van der Waals surface area contributed by atoms with E-state index in [-0.39, 0.29) is 16.7 Å². The molecule has 1 aliphatic rings. The normalized spacial score (nSPS) is 19.1. The maximum Gasteiger partial charge on any atom is 0.283 e. The topological polar surface area (TPSA) is 64.4 Å². The Balaban J connectivity index is 1.88. The van der Waals surface area contributed by atoms with Crippen molar-refractivity contribution in [2.24, 2.45) is 0 Å². The van der Waals surface area contributed by atoms with Crippen LogP contribution < -0.4 is 5.32 Å². The molecular formula is C12H15BrN2O3. The highest BCUT2D eigenvalue weighted by molar-refractivity contribution is 9.10. The van der Waals surface area contributed by atoms with Crippen LogP contribution in [0.25, 0.3) is 0 Å². The van der Waals surface area contributed by atoms with E-state index >= 15 is 0 Å². The van der Waals surface area contributed by atoms with E-state index in [0.717, 1.165) is 31.6 Å². The summed E-state index contributed by atoms with van der Waals surface area (Å²) in [6.45, 7) is 2.26. The van der Waals surface area contributed by atoms with Crippen molar-refractivity contribution in [3.63, 3.8) is 0 Å². The lowest BCUT2D eigenvalue weighted by Crippen LogP contribution is -2.25. The molecule has 6 heteroatoms. The van der Waals surface area contributed by atoms with E-state index in [4.69, 9.17) is 4.74 Å². The van der Waals surface area contributed by atoms with Crippen molar-refractivity contribution >= 4 is 21.6 Å². The van der Waals surface area contributed by atoms with Crippen LogP contribution in [0.5, 0.6) is 0 Å². The molecule has 1 aromatic rings. The van der Waals surface area contributed by atoms with E-state index in [1.54, 1.807) is 12.1 Å². The van der Waals surface area contributed by atoms with Crippen LogP contribution in [0, 0.1) is 10.1 Å². The maximum absolute atomic E-state index is 10.8. The predicted molar refractivity (Wildman–Crippen MR) is 71.5 cm³/mol. The van der Waals surface area contributed by atoms with Crippen LogP contribution in [0.2, 0.25) is 0 Å². The van der Waals surface area contributed by atoms with Crippen molar-refractivity contribution in [1.29, 1.82) is 0 Å². The van der Waals surface area contributed by atoms with Gasteiger partial charge in [-0.1, -0.05) is 6.07 Å². The SMILES string of the molecule is O=[N+]([O-])c1cc(CNCC2CCCO2)ccc1Br. The first-order chi connectivity index (χ1) is 8.66. The molecule has 1 fully saturated rings. The molecule has 5 nitrogen and oxygen atoms in total. The quantitative estimate of drug-likeness (QED) is 0.670. The minimum absolute atomic E-state index is 0.103. The molecule has 1 aromatic carbocycles. The molecule has 0 radical (unpaired) electrons. The van der Waals surface area contributed by atoms with E-state index in [1.165, 1.54) is 0 Å². The molecule has 1 N–H and O–H groups in total. The lowest BCUT2D eigenvalue weighted by atomic mass is 10.2. The Kier molecular flexibility index (Phi) is 4.68. The molecule has 1 heterocycles. The first-order valence-corrected chi connectivity index (χ1v) is 6.71. The third-order valence-corrected chi connectivity index (χ3v) is 3.60. The Morgan fingerprint density at radius 3 is 3.06 bits per heavy atom. The number of hydrogen-bond donors (Lipinski definition) is 1. The monoisotopic (exact) mass is 314 g/mol. The van der Waals surface area contributed by atoms with Gasteiger partial charge in [-0.3, -0.25) is 10.1 Å². The van der Waals surface area contributed by atoms with Gasteiger partial charge in [0.05, 0.1) is 15.5 Å². The predicted octanol–water partition coefficient (Wildman–Crippen LogP) is 2.63. The van der Waals surface area contributed by atoms with Gasteiger partial charge in [0.15, 0.2) is 0 Å². The van der Waals surface area contributed by atoms with Crippen LogP contribution in [0.4, 0.5) is 5.69 Å². The molecule has 0 saturated carbocycles. The number of nitrogens with one attached hydrogen (secondary N) is 1. The minimum Gasteiger partial charge on any atom is -0.377 e. The van der Waals surface area contributed by atoms with E-state index < -0.39 is 0 Å². The van der Waals surface area contributed by atoms with Gasteiger partial charge >= 0.3 is 0 Å². The zero-order valence-electron chi connectivity index (χ0n) is 9.89. The number of nitrogens with zero attached hydrogens (tertiary/aromatic N) is 1. The lowest BCUT2D eigenvalue weighted by molar-refractivity contribution is -0.385. The lowest BCUT2D eigenvalue weighted by Gasteiger charge is -2.10. The van der Waals surface area contributed by atoms with Crippen LogP contribution in [0.1, 0.15) is 18.4 Å². The standard InChI is InChI=1S/C12H15BrN2O3/c13-11-4-3-9(6-12(11)15(16)17)7-14-8-10-2-1-5-18-10/h3-4,6,10,14H,1-2,5,7-8H2. The molecule has 0 aliphatic carbocycles. The highest BCUT2D eigenvalue weighted by atomic mass is 79.9. The van der Waals surface area contributed by atoms with Gasteiger partial charge in [0.1, 0.15) is 0 Å². The highest BCUT2D eigenvalue weighted by Crippen LogP contribution is 2.25.